The van der Waals surface area contributed by atoms with E-state index in [9.17, 15) is 22.8 Å². The summed E-state index contributed by atoms with van der Waals surface area (Å²) in [5, 5.41) is 0.244. The van der Waals surface area contributed by atoms with E-state index < -0.39 is 41.4 Å². The van der Waals surface area contributed by atoms with Crippen LogP contribution in [-0.4, -0.2) is 40.0 Å². The van der Waals surface area contributed by atoms with Gasteiger partial charge in [-0.15, -0.1) is 6.42 Å². The lowest BCUT2D eigenvalue weighted by molar-refractivity contribution is -0.139. The second-order valence-electron chi connectivity index (χ2n) is 5.43. The van der Waals surface area contributed by atoms with Gasteiger partial charge in [-0.1, -0.05) is 5.92 Å². The molecule has 0 bridgehead atoms. The van der Waals surface area contributed by atoms with Crippen molar-refractivity contribution in [1.82, 2.24) is 9.55 Å². The Bertz CT molecular complexity index is 826. The molecule has 1 aliphatic heterocycles. The van der Waals surface area contributed by atoms with Crippen LogP contribution >= 0.6 is 12.2 Å². The van der Waals surface area contributed by atoms with Gasteiger partial charge in [-0.3, -0.25) is 14.3 Å². The van der Waals surface area contributed by atoms with Crippen molar-refractivity contribution < 1.29 is 27.4 Å². The van der Waals surface area contributed by atoms with Crippen LogP contribution in [0.25, 0.3) is 0 Å². The summed E-state index contributed by atoms with van der Waals surface area (Å²) in [5.41, 5.74) is -4.05. The van der Waals surface area contributed by atoms with Gasteiger partial charge in [0.25, 0.3) is 5.56 Å². The molecule has 142 valence electrons. The Labute approximate surface area is 151 Å². The number of aromatic amines is 1. The molecule has 0 unspecified atom stereocenters. The van der Waals surface area contributed by atoms with Gasteiger partial charge in [-0.05, 0) is 12.2 Å². The van der Waals surface area contributed by atoms with Crippen molar-refractivity contribution in [3.63, 3.8) is 0 Å². The van der Waals surface area contributed by atoms with E-state index >= 15 is 0 Å². The predicted molar refractivity (Wildman–Crippen MR) is 87.6 cm³/mol. The van der Waals surface area contributed by atoms with Gasteiger partial charge in [0.15, 0.2) is 5.05 Å². The first-order valence-corrected chi connectivity index (χ1v) is 7.81. The SMILES string of the molecule is C#CCO[C@H]1C[C@H](n2cc(C(F)(F)F)c(=O)[nH]c2=O)O[C@@H]1COC(C)=S. The summed E-state index contributed by atoms with van der Waals surface area (Å²) in [6, 6.07) is 0. The van der Waals surface area contributed by atoms with Crippen molar-refractivity contribution in [3.05, 3.63) is 32.6 Å². The van der Waals surface area contributed by atoms with Crippen molar-refractivity contribution in [1.29, 1.82) is 0 Å². The number of nitrogens with zero attached hydrogens (tertiary/aromatic N) is 1. The van der Waals surface area contributed by atoms with E-state index in [0.717, 1.165) is 0 Å². The van der Waals surface area contributed by atoms with Crippen LogP contribution in [0.2, 0.25) is 0 Å². The Morgan fingerprint density at radius 3 is 2.81 bits per heavy atom. The Morgan fingerprint density at radius 1 is 1.54 bits per heavy atom. The predicted octanol–water partition coefficient (Wildman–Crippen LogP) is 1.23. The summed E-state index contributed by atoms with van der Waals surface area (Å²) in [5.74, 6) is 2.27. The maximum atomic E-state index is 12.9. The third-order valence-corrected chi connectivity index (χ3v) is 3.71. The Hall–Kier alpha value is -2.16. The minimum Gasteiger partial charge on any atom is -0.485 e. The number of aromatic nitrogens is 2. The van der Waals surface area contributed by atoms with Gasteiger partial charge in [-0.2, -0.15) is 13.2 Å². The summed E-state index contributed by atoms with van der Waals surface area (Å²) < 4.78 is 55.6. The second kappa shape index (κ2) is 8.03. The van der Waals surface area contributed by atoms with E-state index in [2.05, 4.69) is 5.92 Å². The highest BCUT2D eigenvalue weighted by atomic mass is 32.1. The third-order valence-electron chi connectivity index (χ3n) is 3.60. The molecule has 0 aromatic carbocycles. The van der Waals surface area contributed by atoms with Crippen molar-refractivity contribution in [2.45, 2.75) is 38.0 Å². The summed E-state index contributed by atoms with van der Waals surface area (Å²) in [4.78, 5) is 25.0. The molecule has 26 heavy (non-hydrogen) atoms. The van der Waals surface area contributed by atoms with Gasteiger partial charge in [-0.25, -0.2) is 4.79 Å². The number of terminal acetylenes is 1. The lowest BCUT2D eigenvalue weighted by atomic mass is 10.2. The first-order valence-electron chi connectivity index (χ1n) is 7.40. The van der Waals surface area contributed by atoms with Gasteiger partial charge >= 0.3 is 11.9 Å². The van der Waals surface area contributed by atoms with E-state index in [-0.39, 0.29) is 24.7 Å². The molecule has 7 nitrogen and oxygen atoms in total. The van der Waals surface area contributed by atoms with E-state index in [1.165, 1.54) is 0 Å². The number of nitrogens with one attached hydrogen (secondary N) is 1. The third kappa shape index (κ3) is 4.72. The van der Waals surface area contributed by atoms with E-state index in [4.69, 9.17) is 32.9 Å². The number of halogens is 3. The minimum absolute atomic E-state index is 0.0225. The molecule has 1 aromatic rings. The van der Waals surface area contributed by atoms with Crippen molar-refractivity contribution >= 4 is 17.3 Å². The maximum Gasteiger partial charge on any atom is 0.423 e. The molecule has 3 atom stereocenters. The zero-order valence-corrected chi connectivity index (χ0v) is 14.4. The lowest BCUT2D eigenvalue weighted by Gasteiger charge is -2.18. The summed E-state index contributed by atoms with van der Waals surface area (Å²) in [6.07, 6.45) is -1.74. The second-order valence-corrected chi connectivity index (χ2v) is 6.00. The molecular weight excluding hydrogens is 377 g/mol. The highest BCUT2D eigenvalue weighted by Gasteiger charge is 2.40. The van der Waals surface area contributed by atoms with E-state index in [1.54, 1.807) is 11.9 Å². The Balaban J connectivity index is 2.31. The minimum atomic E-state index is -4.92. The number of H-pyrrole nitrogens is 1. The van der Waals surface area contributed by atoms with Gasteiger partial charge in [0.1, 0.15) is 31.1 Å². The fraction of sp³-hybridized carbons (Fsp3) is 0.533. The Kier molecular flexibility index (Phi) is 6.22. The van der Waals surface area contributed by atoms with Gasteiger partial charge in [0.05, 0.1) is 6.10 Å². The summed E-state index contributed by atoms with van der Waals surface area (Å²) >= 11 is 4.80. The molecule has 0 saturated carbocycles. The maximum absolute atomic E-state index is 12.9. The van der Waals surface area contributed by atoms with Crippen LogP contribution < -0.4 is 11.2 Å². The van der Waals surface area contributed by atoms with Gasteiger partial charge < -0.3 is 14.2 Å². The summed E-state index contributed by atoms with van der Waals surface area (Å²) in [6.45, 7) is 1.47. The van der Waals surface area contributed by atoms with Crippen LogP contribution in [0.3, 0.4) is 0 Å². The molecule has 0 spiro atoms. The molecule has 0 amide bonds. The van der Waals surface area contributed by atoms with E-state index in [0.29, 0.717) is 10.8 Å². The number of hydrogen-bond acceptors (Lipinski definition) is 6. The van der Waals surface area contributed by atoms with Crippen molar-refractivity contribution in [3.8, 4) is 12.3 Å². The van der Waals surface area contributed by atoms with E-state index in [1.807, 2.05) is 0 Å². The topological polar surface area (TPSA) is 82.6 Å². The molecule has 1 aliphatic rings. The molecule has 2 heterocycles. The molecule has 1 saturated heterocycles. The highest BCUT2D eigenvalue weighted by Crippen LogP contribution is 2.32. The lowest BCUT2D eigenvalue weighted by Crippen LogP contribution is -2.36. The standard InChI is InChI=1S/C15H15F3N2O5S/c1-3-4-23-10-5-12(25-11(10)7-24-8(2)26)20-6-9(15(16,17)18)13(21)19-14(20)22/h1,6,10-12H,4-5,7H2,2H3,(H,19,21,22)/t10-,11+,12+/m0/s1. The normalized spacial score (nSPS) is 22.8. The number of rotatable bonds is 5. The zero-order valence-electron chi connectivity index (χ0n) is 13.5. The van der Waals surface area contributed by atoms with Crippen LogP contribution in [-0.2, 0) is 20.4 Å². The molecule has 11 heteroatoms. The molecule has 1 aromatic heterocycles. The van der Waals surface area contributed by atoms with Crippen LogP contribution in [0.1, 0.15) is 25.1 Å². The fourth-order valence-corrected chi connectivity index (χ4v) is 2.52. The monoisotopic (exact) mass is 392 g/mol. The average Bonchev–Trinajstić information content (AvgIpc) is 2.92. The number of thiocarbonyl (C=S) groups is 1. The van der Waals surface area contributed by atoms with Gasteiger partial charge in [0, 0.05) is 19.5 Å². The Morgan fingerprint density at radius 2 is 2.23 bits per heavy atom. The van der Waals surface area contributed by atoms with Crippen molar-refractivity contribution in [2.75, 3.05) is 13.2 Å². The van der Waals surface area contributed by atoms with Crippen molar-refractivity contribution in [2.24, 2.45) is 0 Å². The summed E-state index contributed by atoms with van der Waals surface area (Å²) in [7, 11) is 0. The molecular formula is C15H15F3N2O5S. The molecule has 0 aliphatic carbocycles. The first-order chi connectivity index (χ1) is 12.1. The largest absolute Gasteiger partial charge is 0.485 e. The molecule has 1 N–H and O–H groups in total. The van der Waals surface area contributed by atoms with Crippen LogP contribution in [0.15, 0.2) is 15.8 Å². The molecule has 2 rings (SSSR count). The number of hydrogen-bond donors (Lipinski definition) is 1. The number of alkyl halides is 3. The quantitative estimate of drug-likeness (QED) is 0.600. The average molecular weight is 392 g/mol. The molecule has 0 radical (unpaired) electrons. The highest BCUT2D eigenvalue weighted by molar-refractivity contribution is 7.80. The smallest absolute Gasteiger partial charge is 0.423 e. The van der Waals surface area contributed by atoms with Crippen LogP contribution in [0, 0.1) is 12.3 Å². The van der Waals surface area contributed by atoms with Crippen LogP contribution in [0.5, 0.6) is 0 Å². The zero-order chi connectivity index (χ0) is 19.5. The number of ether oxygens (including phenoxy) is 3. The fourth-order valence-electron chi connectivity index (χ4n) is 2.45. The van der Waals surface area contributed by atoms with Gasteiger partial charge in [0.2, 0.25) is 0 Å². The molecule has 1 fully saturated rings. The first kappa shape index (κ1) is 20.2. The van der Waals surface area contributed by atoms with Crippen LogP contribution in [0.4, 0.5) is 13.2 Å².